The molecule has 0 saturated heterocycles. The summed E-state index contributed by atoms with van der Waals surface area (Å²) in [5.41, 5.74) is 12.4. The molecule has 2 unspecified atom stereocenters. The fraction of sp³-hybridized carbons (Fsp3) is 0.459. The lowest BCUT2D eigenvalue weighted by atomic mass is 9.89. The van der Waals surface area contributed by atoms with Gasteiger partial charge in [0.1, 0.15) is 0 Å². The van der Waals surface area contributed by atoms with Crippen LogP contribution in [0.4, 0.5) is 0 Å². The van der Waals surface area contributed by atoms with Gasteiger partial charge in [0.2, 0.25) is 0 Å². The number of carbonyl (C=O) groups is 4. The first-order valence-corrected chi connectivity index (χ1v) is 16.3. The van der Waals surface area contributed by atoms with Crippen LogP contribution in [0.15, 0.2) is 33.7 Å². The minimum Gasteiger partial charge on any atom is -0.469 e. The molecule has 2 atom stereocenters. The Bertz CT molecular complexity index is 1620. The first-order valence-electron chi connectivity index (χ1n) is 16.3. The average molecular weight is 645 g/mol. The third kappa shape index (κ3) is 7.06. The maximum Gasteiger partial charge on any atom is 0.306 e. The average Bonchev–Trinajstić information content (AvgIpc) is 3.68. The molecule has 0 aromatic carbocycles. The van der Waals surface area contributed by atoms with Gasteiger partial charge in [-0.1, -0.05) is 27.7 Å². The summed E-state index contributed by atoms with van der Waals surface area (Å²) in [6.45, 7) is 15.8. The van der Waals surface area contributed by atoms with Gasteiger partial charge in [0.05, 0.1) is 27.1 Å². The standard InChI is InChI=1S/C37H48N4O6/c1-11-24-20(5)36(44)40-28(24)15-26-22(7)34(18(3)13-32(42)46-9)30(38-26)17-31-35(19(4)14-33(43)47-10)23(8)27(39-31)16-29-25(12-2)21(6)37(45)41-29/h15-16,18-19,38-39H,11-14,17H2,1-10H3,(H,40,44)(H,41,45)/b28-15+,29-16+. The molecule has 0 spiro atoms. The fourth-order valence-electron chi connectivity index (χ4n) is 7.05. The topological polar surface area (TPSA) is 142 Å². The fourth-order valence-corrected chi connectivity index (χ4v) is 7.05. The summed E-state index contributed by atoms with van der Waals surface area (Å²) in [6, 6.07) is 0. The number of allylic oxidation sites excluding steroid dienone is 2. The molecule has 4 N–H and O–H groups in total. The summed E-state index contributed by atoms with van der Waals surface area (Å²) in [6.07, 6.45) is 6.23. The van der Waals surface area contributed by atoms with E-state index in [9.17, 15) is 19.2 Å². The molecule has 2 aliphatic rings. The van der Waals surface area contributed by atoms with Crippen molar-refractivity contribution in [1.29, 1.82) is 0 Å². The predicted octanol–water partition coefficient (Wildman–Crippen LogP) is 6.28. The van der Waals surface area contributed by atoms with Crippen molar-refractivity contribution >= 4 is 35.9 Å². The molecule has 10 heteroatoms. The van der Waals surface area contributed by atoms with Gasteiger partial charge in [-0.2, -0.15) is 0 Å². The van der Waals surface area contributed by atoms with Crippen molar-refractivity contribution in [2.24, 2.45) is 0 Å². The van der Waals surface area contributed by atoms with Crippen molar-refractivity contribution in [2.75, 3.05) is 14.2 Å². The molecule has 4 rings (SSSR count). The number of ether oxygens (including phenoxy) is 2. The molecule has 252 valence electrons. The van der Waals surface area contributed by atoms with E-state index in [1.807, 2.05) is 67.5 Å². The van der Waals surface area contributed by atoms with Crippen molar-refractivity contribution in [1.82, 2.24) is 20.6 Å². The normalized spacial score (nSPS) is 17.9. The Hall–Kier alpha value is -4.60. The lowest BCUT2D eigenvalue weighted by Gasteiger charge is -2.16. The number of aromatic amines is 2. The zero-order valence-corrected chi connectivity index (χ0v) is 29.3. The molecule has 0 aliphatic carbocycles. The molecule has 4 heterocycles. The van der Waals surface area contributed by atoms with Crippen LogP contribution in [0.25, 0.3) is 12.2 Å². The van der Waals surface area contributed by atoms with Crippen LogP contribution < -0.4 is 10.6 Å². The number of H-pyrrole nitrogens is 2. The van der Waals surface area contributed by atoms with E-state index in [0.29, 0.717) is 30.4 Å². The van der Waals surface area contributed by atoms with Crippen LogP contribution >= 0.6 is 0 Å². The lowest BCUT2D eigenvalue weighted by Crippen LogP contribution is -2.15. The minimum atomic E-state index is -0.301. The smallest absolute Gasteiger partial charge is 0.306 e. The van der Waals surface area contributed by atoms with Gasteiger partial charge in [-0.25, -0.2) is 0 Å². The Balaban J connectivity index is 1.88. The maximum atomic E-state index is 12.5. The van der Waals surface area contributed by atoms with Crippen molar-refractivity contribution < 1.29 is 28.7 Å². The molecule has 0 radical (unpaired) electrons. The highest BCUT2D eigenvalue weighted by Crippen LogP contribution is 2.37. The van der Waals surface area contributed by atoms with Crippen LogP contribution in [-0.2, 0) is 35.1 Å². The SMILES string of the molecule is CCC1=C(C)C(=O)N/C1=C/c1[nH]c(Cc2[nH]c(/C=C3/NC(=O)C(C)=C3CC)c(C)c2C(C)CC(=O)OC)c(C(C)CC(=O)OC)c1C. The third-order valence-electron chi connectivity index (χ3n) is 9.60. The molecule has 2 aliphatic heterocycles. The van der Waals surface area contributed by atoms with Gasteiger partial charge < -0.3 is 30.1 Å². The highest BCUT2D eigenvalue weighted by atomic mass is 16.5. The van der Waals surface area contributed by atoms with Gasteiger partial charge in [-0.15, -0.1) is 0 Å². The molecular weight excluding hydrogens is 596 g/mol. The van der Waals surface area contributed by atoms with Crippen LogP contribution in [0.3, 0.4) is 0 Å². The summed E-state index contributed by atoms with van der Waals surface area (Å²) in [4.78, 5) is 57.1. The van der Waals surface area contributed by atoms with Crippen molar-refractivity contribution in [2.45, 2.75) is 99.3 Å². The monoisotopic (exact) mass is 644 g/mol. The number of hydrogen-bond donors (Lipinski definition) is 4. The largest absolute Gasteiger partial charge is 0.469 e. The number of nitrogens with one attached hydrogen (secondary N) is 4. The van der Waals surface area contributed by atoms with Gasteiger partial charge in [-0.05, 0) is 97.9 Å². The molecule has 2 amide bonds. The molecule has 0 saturated carbocycles. The predicted molar refractivity (Wildman–Crippen MR) is 182 cm³/mol. The molecule has 0 bridgehead atoms. The highest BCUT2D eigenvalue weighted by molar-refractivity contribution is 6.01. The van der Waals surface area contributed by atoms with Crippen LogP contribution in [-0.4, -0.2) is 47.9 Å². The highest BCUT2D eigenvalue weighted by Gasteiger charge is 2.29. The van der Waals surface area contributed by atoms with E-state index in [4.69, 9.17) is 9.47 Å². The molecular formula is C37H48N4O6. The first kappa shape index (κ1) is 35.3. The van der Waals surface area contributed by atoms with Crippen molar-refractivity contribution in [3.8, 4) is 0 Å². The molecule has 10 nitrogen and oxygen atoms in total. The van der Waals surface area contributed by atoms with Gasteiger partial charge in [0.25, 0.3) is 11.8 Å². The van der Waals surface area contributed by atoms with Gasteiger partial charge >= 0.3 is 11.9 Å². The lowest BCUT2D eigenvalue weighted by molar-refractivity contribution is -0.141. The van der Waals surface area contributed by atoms with Crippen LogP contribution in [0.1, 0.15) is 124 Å². The van der Waals surface area contributed by atoms with E-state index in [-0.39, 0.29) is 48.4 Å². The minimum absolute atomic E-state index is 0.0979. The van der Waals surface area contributed by atoms with E-state index < -0.39 is 0 Å². The number of amides is 2. The second-order valence-corrected chi connectivity index (χ2v) is 12.6. The number of aromatic nitrogens is 2. The number of methoxy groups -OCH3 is 2. The Morgan fingerprint density at radius 2 is 1.04 bits per heavy atom. The second kappa shape index (κ2) is 14.4. The number of esters is 2. The van der Waals surface area contributed by atoms with Crippen molar-refractivity contribution in [3.63, 3.8) is 0 Å². The van der Waals surface area contributed by atoms with Crippen LogP contribution in [0.2, 0.25) is 0 Å². The maximum absolute atomic E-state index is 12.5. The van der Waals surface area contributed by atoms with E-state index in [2.05, 4.69) is 20.6 Å². The Labute approximate surface area is 277 Å². The zero-order chi connectivity index (χ0) is 34.7. The summed E-state index contributed by atoms with van der Waals surface area (Å²) in [5, 5.41) is 6.00. The second-order valence-electron chi connectivity index (χ2n) is 12.6. The molecule has 2 aromatic heterocycles. The molecule has 0 fully saturated rings. The van der Waals surface area contributed by atoms with E-state index in [1.165, 1.54) is 14.2 Å². The quantitative estimate of drug-likeness (QED) is 0.201. The van der Waals surface area contributed by atoms with E-state index in [1.54, 1.807) is 0 Å². The Morgan fingerprint density at radius 1 is 0.681 bits per heavy atom. The Morgan fingerprint density at radius 3 is 1.36 bits per heavy atom. The summed E-state index contributed by atoms with van der Waals surface area (Å²) >= 11 is 0. The third-order valence-corrected chi connectivity index (χ3v) is 9.60. The van der Waals surface area contributed by atoms with Gasteiger partial charge in [0.15, 0.2) is 0 Å². The van der Waals surface area contributed by atoms with Crippen molar-refractivity contribution in [3.05, 3.63) is 78.7 Å². The van der Waals surface area contributed by atoms with E-state index >= 15 is 0 Å². The number of carbonyl (C=O) groups excluding carboxylic acids is 4. The van der Waals surface area contributed by atoms with E-state index in [0.717, 1.165) is 67.6 Å². The number of hydrogen-bond acceptors (Lipinski definition) is 6. The zero-order valence-electron chi connectivity index (χ0n) is 29.3. The van der Waals surface area contributed by atoms with Crippen LogP contribution in [0, 0.1) is 13.8 Å². The van der Waals surface area contributed by atoms with Gasteiger partial charge in [0, 0.05) is 51.7 Å². The summed E-state index contributed by atoms with van der Waals surface area (Å²) in [7, 11) is 2.78. The molecule has 47 heavy (non-hydrogen) atoms. The number of rotatable bonds is 12. The first-order chi connectivity index (χ1) is 22.3. The summed E-state index contributed by atoms with van der Waals surface area (Å²) < 4.78 is 10.0. The summed E-state index contributed by atoms with van der Waals surface area (Å²) in [5.74, 6) is -1.12. The van der Waals surface area contributed by atoms with Gasteiger partial charge in [-0.3, -0.25) is 19.2 Å². The van der Waals surface area contributed by atoms with Crippen LogP contribution in [0.5, 0.6) is 0 Å². The Kier molecular flexibility index (Phi) is 10.8. The molecule has 2 aromatic rings.